The third-order valence-corrected chi connectivity index (χ3v) is 2.03. The molecule has 0 aromatic rings. The zero-order chi connectivity index (χ0) is 10.6. The van der Waals surface area contributed by atoms with Crippen molar-refractivity contribution in [2.24, 2.45) is 17.2 Å². The van der Waals surface area contributed by atoms with Crippen LogP contribution >= 0.6 is 11.6 Å². The van der Waals surface area contributed by atoms with Crippen LogP contribution in [0.1, 0.15) is 0 Å². The Morgan fingerprint density at radius 1 is 1.21 bits per heavy atom. The number of hydrogen-bond donors (Lipinski definition) is 3. The molecule has 1 aliphatic heterocycles. The van der Waals surface area contributed by atoms with Gasteiger partial charge in [0.1, 0.15) is 11.0 Å². The van der Waals surface area contributed by atoms with Gasteiger partial charge in [0.2, 0.25) is 0 Å². The van der Waals surface area contributed by atoms with E-state index in [1.165, 1.54) is 0 Å². The van der Waals surface area contributed by atoms with Gasteiger partial charge in [0.05, 0.1) is 18.9 Å². The smallest absolute Gasteiger partial charge is 0.118 e. The Hall–Kier alpha value is -1.07. The maximum Gasteiger partial charge on any atom is 0.118 e. The molecule has 5 nitrogen and oxygen atoms in total. The molecule has 0 aromatic heterocycles. The molecule has 0 radical (unpaired) electrons. The molecule has 6 N–H and O–H groups in total. The number of halogens is 1. The van der Waals surface area contributed by atoms with Crippen molar-refractivity contribution in [3.8, 4) is 0 Å². The number of hydrogen-bond acceptors (Lipinski definition) is 5. The van der Waals surface area contributed by atoms with Crippen LogP contribution in [0.25, 0.3) is 0 Å². The van der Waals surface area contributed by atoms with E-state index < -0.39 is 0 Å². The van der Waals surface area contributed by atoms with Crippen LogP contribution in [0.3, 0.4) is 0 Å². The molecule has 1 rings (SSSR count). The van der Waals surface area contributed by atoms with E-state index in [1.807, 2.05) is 4.90 Å². The largest absolute Gasteiger partial charge is 0.389 e. The third kappa shape index (κ3) is 3.01. The molecule has 1 aliphatic rings. The summed E-state index contributed by atoms with van der Waals surface area (Å²) in [5, 5.41) is 0.167. The van der Waals surface area contributed by atoms with E-state index in [4.69, 9.17) is 33.5 Å². The second-order valence-electron chi connectivity index (χ2n) is 2.97. The molecule has 80 valence electrons. The Labute approximate surface area is 88.1 Å². The average molecular weight is 219 g/mol. The molecule has 0 saturated carbocycles. The number of nitrogens with two attached hydrogens (primary N) is 3. The standard InChI is InChI=1S/C8H15ClN4O/c9-7(10)5-6(8(11)12)13-1-3-14-4-2-13/h5H,1-4,10-12H2/b7-5-. The van der Waals surface area contributed by atoms with Crippen molar-refractivity contribution in [3.63, 3.8) is 0 Å². The predicted octanol–water partition coefficient (Wildman–Crippen LogP) is -0.556. The Kier molecular flexibility index (Phi) is 3.91. The van der Waals surface area contributed by atoms with Crippen molar-refractivity contribution in [2.75, 3.05) is 26.3 Å². The Balaban J connectivity index is 2.78. The van der Waals surface area contributed by atoms with Gasteiger partial charge in [-0.15, -0.1) is 0 Å². The van der Waals surface area contributed by atoms with Gasteiger partial charge in [0.25, 0.3) is 0 Å². The van der Waals surface area contributed by atoms with Gasteiger partial charge in [-0.25, -0.2) is 0 Å². The van der Waals surface area contributed by atoms with E-state index in [-0.39, 0.29) is 11.0 Å². The van der Waals surface area contributed by atoms with Crippen molar-refractivity contribution in [1.82, 2.24) is 4.90 Å². The minimum Gasteiger partial charge on any atom is -0.389 e. The van der Waals surface area contributed by atoms with Crippen LogP contribution in [0.4, 0.5) is 0 Å². The Morgan fingerprint density at radius 2 is 1.79 bits per heavy atom. The molecule has 0 bridgehead atoms. The van der Waals surface area contributed by atoms with Gasteiger partial charge in [-0.3, -0.25) is 0 Å². The highest BCUT2D eigenvalue weighted by Crippen LogP contribution is 2.11. The molecule has 0 amide bonds. The zero-order valence-electron chi connectivity index (χ0n) is 7.87. The molecule has 6 heteroatoms. The lowest BCUT2D eigenvalue weighted by atomic mass is 10.3. The van der Waals surface area contributed by atoms with Gasteiger partial charge < -0.3 is 26.8 Å². The fraction of sp³-hybridized carbons (Fsp3) is 0.500. The summed E-state index contributed by atoms with van der Waals surface area (Å²) < 4.78 is 5.20. The maximum absolute atomic E-state index is 5.57. The zero-order valence-corrected chi connectivity index (χ0v) is 8.63. The predicted molar refractivity (Wildman–Crippen MR) is 55.9 cm³/mol. The quantitative estimate of drug-likeness (QED) is 0.427. The van der Waals surface area contributed by atoms with E-state index in [1.54, 1.807) is 6.08 Å². The van der Waals surface area contributed by atoms with Crippen molar-refractivity contribution in [1.29, 1.82) is 0 Å². The summed E-state index contributed by atoms with van der Waals surface area (Å²) in [6, 6.07) is 0. The lowest BCUT2D eigenvalue weighted by Gasteiger charge is -2.30. The summed E-state index contributed by atoms with van der Waals surface area (Å²) in [6.45, 7) is 2.81. The minimum atomic E-state index is 0.167. The van der Waals surface area contributed by atoms with Crippen LogP contribution < -0.4 is 17.2 Å². The molecule has 0 spiro atoms. The first kappa shape index (κ1) is 11.0. The monoisotopic (exact) mass is 218 g/mol. The van der Waals surface area contributed by atoms with Crippen LogP contribution in [0.2, 0.25) is 0 Å². The number of nitrogens with zero attached hydrogens (tertiary/aromatic N) is 1. The topological polar surface area (TPSA) is 90.5 Å². The summed E-state index contributed by atoms with van der Waals surface area (Å²) in [5.74, 6) is 0.218. The highest BCUT2D eigenvalue weighted by Gasteiger charge is 2.14. The summed E-state index contributed by atoms with van der Waals surface area (Å²) in [5.41, 5.74) is 17.1. The fourth-order valence-electron chi connectivity index (χ4n) is 1.29. The first-order valence-corrected chi connectivity index (χ1v) is 4.69. The van der Waals surface area contributed by atoms with Crippen molar-refractivity contribution >= 4 is 11.6 Å². The van der Waals surface area contributed by atoms with E-state index in [9.17, 15) is 0 Å². The van der Waals surface area contributed by atoms with E-state index >= 15 is 0 Å². The van der Waals surface area contributed by atoms with E-state index in [2.05, 4.69) is 0 Å². The lowest BCUT2D eigenvalue weighted by Crippen LogP contribution is -2.37. The summed E-state index contributed by atoms with van der Waals surface area (Å²) >= 11 is 5.57. The summed E-state index contributed by atoms with van der Waals surface area (Å²) in [6.07, 6.45) is 1.56. The molecule has 0 aliphatic carbocycles. The molecule has 1 saturated heterocycles. The van der Waals surface area contributed by atoms with Crippen LogP contribution in [0, 0.1) is 0 Å². The number of morpholine rings is 1. The van der Waals surface area contributed by atoms with Gasteiger partial charge in [0, 0.05) is 13.1 Å². The molecule has 0 atom stereocenters. The van der Waals surface area contributed by atoms with Gasteiger partial charge >= 0.3 is 0 Å². The third-order valence-electron chi connectivity index (χ3n) is 1.92. The number of ether oxygens (including phenoxy) is 1. The molecule has 0 aromatic carbocycles. The molecular formula is C8H15ClN4O. The highest BCUT2D eigenvalue weighted by molar-refractivity contribution is 6.29. The molecule has 0 unspecified atom stereocenters. The number of rotatable bonds is 2. The SMILES string of the molecule is NC(N)=C(/C=C(\N)Cl)N1CCOCC1. The normalized spacial score (nSPS) is 18.1. The average Bonchev–Trinajstić information content (AvgIpc) is 2.15. The highest BCUT2D eigenvalue weighted by atomic mass is 35.5. The van der Waals surface area contributed by atoms with Gasteiger partial charge in [0.15, 0.2) is 0 Å². The van der Waals surface area contributed by atoms with Gasteiger partial charge in [-0.2, -0.15) is 0 Å². The van der Waals surface area contributed by atoms with Crippen molar-refractivity contribution in [2.45, 2.75) is 0 Å². The van der Waals surface area contributed by atoms with Gasteiger partial charge in [-0.1, -0.05) is 11.6 Å². The molecule has 14 heavy (non-hydrogen) atoms. The molecular weight excluding hydrogens is 204 g/mol. The maximum atomic E-state index is 5.57. The van der Waals surface area contributed by atoms with Gasteiger partial charge in [-0.05, 0) is 6.08 Å². The van der Waals surface area contributed by atoms with Crippen LogP contribution in [0.5, 0.6) is 0 Å². The molecule has 1 fully saturated rings. The second-order valence-corrected chi connectivity index (χ2v) is 3.41. The Bertz CT molecular complexity index is 250. The minimum absolute atomic E-state index is 0.167. The van der Waals surface area contributed by atoms with Crippen LogP contribution in [-0.4, -0.2) is 31.2 Å². The fourth-order valence-corrected chi connectivity index (χ4v) is 1.40. The van der Waals surface area contributed by atoms with Crippen molar-refractivity contribution < 1.29 is 4.74 Å². The second kappa shape index (κ2) is 4.97. The Morgan fingerprint density at radius 3 is 2.21 bits per heavy atom. The van der Waals surface area contributed by atoms with Crippen LogP contribution in [-0.2, 0) is 4.74 Å². The first-order chi connectivity index (χ1) is 6.61. The molecule has 1 heterocycles. The summed E-state index contributed by atoms with van der Waals surface area (Å²) in [7, 11) is 0. The van der Waals surface area contributed by atoms with Crippen molar-refractivity contribution in [3.05, 3.63) is 22.8 Å². The van der Waals surface area contributed by atoms with E-state index in [0.29, 0.717) is 18.9 Å². The van der Waals surface area contributed by atoms with Crippen LogP contribution in [0.15, 0.2) is 22.8 Å². The first-order valence-electron chi connectivity index (χ1n) is 4.32. The summed E-state index contributed by atoms with van der Waals surface area (Å²) in [4.78, 5) is 1.99. The lowest BCUT2D eigenvalue weighted by molar-refractivity contribution is 0.0548. The number of allylic oxidation sites excluding steroid dienone is 1. The van der Waals surface area contributed by atoms with E-state index in [0.717, 1.165) is 13.1 Å².